The van der Waals surface area contributed by atoms with Crippen LogP contribution in [0.4, 0.5) is 5.69 Å². The number of aliphatic hydroxyl groups excluding tert-OH is 1. The van der Waals surface area contributed by atoms with Gasteiger partial charge in [0.25, 0.3) is 5.69 Å². The number of ether oxygens (including phenoxy) is 1. The number of nitrogens with zero attached hydrogens (tertiary/aromatic N) is 1. The third-order valence-electron chi connectivity index (χ3n) is 6.27. The number of aliphatic hydroxyl groups is 1. The maximum absolute atomic E-state index is 11.9. The molecule has 194 valence electrons. The van der Waals surface area contributed by atoms with Crippen LogP contribution in [-0.4, -0.2) is 28.6 Å². The van der Waals surface area contributed by atoms with Crippen LogP contribution in [0.1, 0.15) is 121 Å². The summed E-state index contributed by atoms with van der Waals surface area (Å²) in [5, 5.41) is 21.0. The van der Waals surface area contributed by atoms with Gasteiger partial charge in [0.05, 0.1) is 17.1 Å². The molecular formula is C27H46N2O5. The average Bonchev–Trinajstić information content (AvgIpc) is 2.84. The van der Waals surface area contributed by atoms with Gasteiger partial charge in [0.15, 0.2) is 0 Å². The van der Waals surface area contributed by atoms with Crippen molar-refractivity contribution >= 4 is 11.7 Å². The van der Waals surface area contributed by atoms with Gasteiger partial charge >= 0.3 is 5.97 Å². The van der Waals surface area contributed by atoms with Crippen LogP contribution in [0.5, 0.6) is 0 Å². The van der Waals surface area contributed by atoms with E-state index in [0.29, 0.717) is 12.0 Å². The highest BCUT2D eigenvalue weighted by Gasteiger charge is 2.19. The van der Waals surface area contributed by atoms with Crippen molar-refractivity contribution in [3.63, 3.8) is 0 Å². The molecule has 34 heavy (non-hydrogen) atoms. The lowest BCUT2D eigenvalue weighted by Crippen LogP contribution is -2.34. The van der Waals surface area contributed by atoms with Crippen molar-refractivity contribution in [2.75, 3.05) is 6.61 Å². The smallest absolute Gasteiger partial charge is 0.305 e. The molecule has 7 heteroatoms. The number of unbranched alkanes of at least 4 members (excludes halogenated alkanes) is 14. The van der Waals surface area contributed by atoms with Crippen molar-refractivity contribution < 1.29 is 19.6 Å². The molecule has 0 radical (unpaired) electrons. The number of carbonyl (C=O) groups excluding carboxylic acids is 1. The van der Waals surface area contributed by atoms with E-state index < -0.39 is 17.1 Å². The zero-order valence-corrected chi connectivity index (χ0v) is 21.1. The molecule has 0 spiro atoms. The van der Waals surface area contributed by atoms with Gasteiger partial charge in [-0.25, -0.2) is 0 Å². The highest BCUT2D eigenvalue weighted by Crippen LogP contribution is 2.20. The van der Waals surface area contributed by atoms with Crippen molar-refractivity contribution in [2.45, 2.75) is 122 Å². The van der Waals surface area contributed by atoms with Crippen molar-refractivity contribution in [1.82, 2.24) is 0 Å². The van der Waals surface area contributed by atoms with E-state index in [1.807, 2.05) is 0 Å². The molecule has 1 aromatic carbocycles. The van der Waals surface area contributed by atoms with Crippen LogP contribution in [0.3, 0.4) is 0 Å². The van der Waals surface area contributed by atoms with Crippen LogP contribution in [0.25, 0.3) is 0 Å². The van der Waals surface area contributed by atoms with Gasteiger partial charge in [-0.05, 0) is 24.1 Å². The average molecular weight is 479 g/mol. The topological polar surface area (TPSA) is 116 Å². The molecule has 0 aliphatic carbocycles. The molecule has 1 rings (SSSR count). The zero-order chi connectivity index (χ0) is 25.0. The third-order valence-corrected chi connectivity index (χ3v) is 6.27. The first-order chi connectivity index (χ1) is 16.5. The van der Waals surface area contributed by atoms with E-state index >= 15 is 0 Å². The number of benzene rings is 1. The number of hydrogen-bond acceptors (Lipinski definition) is 6. The Morgan fingerprint density at radius 2 is 1.32 bits per heavy atom. The van der Waals surface area contributed by atoms with Crippen LogP contribution in [0.2, 0.25) is 0 Å². The van der Waals surface area contributed by atoms with Gasteiger partial charge in [-0.2, -0.15) is 0 Å². The van der Waals surface area contributed by atoms with Gasteiger partial charge < -0.3 is 15.6 Å². The Balaban J connectivity index is 1.97. The number of nitro groups is 1. The first kappa shape index (κ1) is 30.0. The van der Waals surface area contributed by atoms with E-state index in [4.69, 9.17) is 10.5 Å². The Hall–Kier alpha value is -1.99. The Kier molecular flexibility index (Phi) is 17.1. The summed E-state index contributed by atoms with van der Waals surface area (Å²) >= 11 is 0. The molecular weight excluding hydrogens is 432 g/mol. The Morgan fingerprint density at radius 1 is 0.882 bits per heavy atom. The zero-order valence-electron chi connectivity index (χ0n) is 21.1. The molecule has 0 saturated heterocycles. The van der Waals surface area contributed by atoms with E-state index in [0.717, 1.165) is 19.3 Å². The Bertz CT molecular complexity index is 665. The minimum Gasteiger partial charge on any atom is -0.464 e. The van der Waals surface area contributed by atoms with Crippen molar-refractivity contribution in [1.29, 1.82) is 0 Å². The lowest BCUT2D eigenvalue weighted by atomic mass is 10.0. The van der Waals surface area contributed by atoms with Crippen LogP contribution in [0.15, 0.2) is 24.3 Å². The predicted molar refractivity (Wildman–Crippen MR) is 137 cm³/mol. The van der Waals surface area contributed by atoms with Crippen molar-refractivity contribution in [3.05, 3.63) is 39.9 Å². The molecule has 0 aliphatic heterocycles. The van der Waals surface area contributed by atoms with Gasteiger partial charge in [-0.3, -0.25) is 14.9 Å². The second-order valence-corrected chi connectivity index (χ2v) is 9.34. The number of nitro benzene ring substituents is 1. The van der Waals surface area contributed by atoms with Gasteiger partial charge in [0, 0.05) is 18.6 Å². The number of esters is 1. The molecule has 1 aromatic rings. The third kappa shape index (κ3) is 14.3. The molecule has 2 unspecified atom stereocenters. The van der Waals surface area contributed by atoms with E-state index in [2.05, 4.69) is 6.92 Å². The summed E-state index contributed by atoms with van der Waals surface area (Å²) in [6.07, 6.45) is 18.4. The number of carbonyl (C=O) groups is 1. The second-order valence-electron chi connectivity index (χ2n) is 9.34. The highest BCUT2D eigenvalue weighted by atomic mass is 16.6. The van der Waals surface area contributed by atoms with Gasteiger partial charge in [0.1, 0.15) is 6.61 Å². The summed E-state index contributed by atoms with van der Waals surface area (Å²) in [6, 6.07) is 4.76. The predicted octanol–water partition coefficient (Wildman–Crippen LogP) is 6.76. The standard InChI is InChI=1S/C27H46N2O5/c1-2-3-4-5-6-7-8-9-10-11-12-13-14-15-16-17-26(30)34-22-25(28)27(31)23-18-20-24(21-19-23)29(32)33/h18-21,25,27,31H,2-17,22,28H2,1H3. The van der Waals surface area contributed by atoms with Gasteiger partial charge in [-0.1, -0.05) is 96.8 Å². The van der Waals surface area contributed by atoms with E-state index in [9.17, 15) is 20.0 Å². The molecule has 3 N–H and O–H groups in total. The number of nitrogens with two attached hydrogens (primary N) is 1. The lowest BCUT2D eigenvalue weighted by molar-refractivity contribution is -0.384. The molecule has 2 atom stereocenters. The van der Waals surface area contributed by atoms with E-state index in [1.165, 1.54) is 101 Å². The van der Waals surface area contributed by atoms with Crippen LogP contribution >= 0.6 is 0 Å². The second kappa shape index (κ2) is 19.3. The summed E-state index contributed by atoms with van der Waals surface area (Å²) in [7, 11) is 0. The summed E-state index contributed by atoms with van der Waals surface area (Å²) in [5.41, 5.74) is 6.32. The van der Waals surface area contributed by atoms with E-state index in [-0.39, 0.29) is 18.3 Å². The molecule has 0 aliphatic rings. The monoisotopic (exact) mass is 478 g/mol. The fourth-order valence-corrected chi connectivity index (χ4v) is 4.03. The Labute approximate surface area is 205 Å². The normalized spacial score (nSPS) is 12.9. The van der Waals surface area contributed by atoms with Crippen molar-refractivity contribution in [2.24, 2.45) is 5.73 Å². The number of hydrogen-bond donors (Lipinski definition) is 2. The van der Waals surface area contributed by atoms with Crippen molar-refractivity contribution in [3.8, 4) is 0 Å². The number of non-ortho nitro benzene ring substituents is 1. The molecule has 0 saturated carbocycles. The summed E-state index contributed by atoms with van der Waals surface area (Å²) < 4.78 is 5.20. The summed E-state index contributed by atoms with van der Waals surface area (Å²) in [4.78, 5) is 22.1. The largest absolute Gasteiger partial charge is 0.464 e. The quantitative estimate of drug-likeness (QED) is 0.0872. The first-order valence-electron chi connectivity index (χ1n) is 13.3. The maximum Gasteiger partial charge on any atom is 0.305 e. The number of rotatable bonds is 21. The van der Waals surface area contributed by atoms with Gasteiger partial charge in [0.2, 0.25) is 0 Å². The minimum atomic E-state index is -1.06. The maximum atomic E-state index is 11.9. The molecule has 0 bridgehead atoms. The fourth-order valence-electron chi connectivity index (χ4n) is 4.03. The lowest BCUT2D eigenvalue weighted by Gasteiger charge is -2.19. The van der Waals surface area contributed by atoms with Crippen LogP contribution < -0.4 is 5.73 Å². The minimum absolute atomic E-state index is 0.0561. The molecule has 0 amide bonds. The summed E-state index contributed by atoms with van der Waals surface area (Å²) in [5.74, 6) is -0.305. The molecule has 0 heterocycles. The molecule has 0 fully saturated rings. The van der Waals surface area contributed by atoms with Gasteiger partial charge in [-0.15, -0.1) is 0 Å². The highest BCUT2D eigenvalue weighted by molar-refractivity contribution is 5.69. The first-order valence-corrected chi connectivity index (χ1v) is 13.3. The molecule has 7 nitrogen and oxygen atoms in total. The Morgan fingerprint density at radius 3 is 1.76 bits per heavy atom. The van der Waals surface area contributed by atoms with Crippen LogP contribution in [-0.2, 0) is 9.53 Å². The van der Waals surface area contributed by atoms with Crippen LogP contribution in [0, 0.1) is 10.1 Å². The molecule has 0 aromatic heterocycles. The fraction of sp³-hybridized carbons (Fsp3) is 0.741. The SMILES string of the molecule is CCCCCCCCCCCCCCCCCC(=O)OCC(N)C(O)c1ccc([N+](=O)[O-])cc1. The van der Waals surface area contributed by atoms with E-state index in [1.54, 1.807) is 0 Å². The summed E-state index contributed by atoms with van der Waals surface area (Å²) in [6.45, 7) is 2.17.